The summed E-state index contributed by atoms with van der Waals surface area (Å²) in [6.45, 7) is 2.68. The molecule has 1 amide bonds. The molecule has 1 aliphatic rings. The van der Waals surface area contributed by atoms with E-state index in [2.05, 4.69) is 21.4 Å². The lowest BCUT2D eigenvalue weighted by Crippen LogP contribution is -2.26. The van der Waals surface area contributed by atoms with Gasteiger partial charge in [-0.1, -0.05) is 17.7 Å². The van der Waals surface area contributed by atoms with E-state index in [1.165, 1.54) is 31.3 Å². The van der Waals surface area contributed by atoms with E-state index in [1.54, 1.807) is 0 Å². The van der Waals surface area contributed by atoms with E-state index in [0.29, 0.717) is 6.42 Å². The van der Waals surface area contributed by atoms with Crippen molar-refractivity contribution in [2.45, 2.75) is 45.4 Å². The summed E-state index contributed by atoms with van der Waals surface area (Å²) in [5.74, 6) is 0.990. The number of nitrogens with one attached hydrogen (secondary N) is 2. The van der Waals surface area contributed by atoms with E-state index in [0.717, 1.165) is 35.4 Å². The standard InChI is InChI=1S/C18H23N3O/c1-13-20-16-8-7-15(11-17(16)21-13)12-18(22)19-10-9-14-5-3-2-4-6-14/h5,7-8,11H,2-4,6,9-10,12H2,1H3,(H,19,22)(H,20,21). The van der Waals surface area contributed by atoms with Crippen LogP contribution in [0.1, 0.15) is 43.5 Å². The molecule has 4 nitrogen and oxygen atoms in total. The summed E-state index contributed by atoms with van der Waals surface area (Å²) < 4.78 is 0. The van der Waals surface area contributed by atoms with Gasteiger partial charge in [0.05, 0.1) is 17.5 Å². The van der Waals surface area contributed by atoms with E-state index >= 15 is 0 Å². The minimum absolute atomic E-state index is 0.0898. The summed E-state index contributed by atoms with van der Waals surface area (Å²) in [6, 6.07) is 5.96. The van der Waals surface area contributed by atoms with E-state index in [4.69, 9.17) is 0 Å². The van der Waals surface area contributed by atoms with Crippen LogP contribution in [0.4, 0.5) is 0 Å². The monoisotopic (exact) mass is 297 g/mol. The Morgan fingerprint density at radius 1 is 1.36 bits per heavy atom. The molecule has 2 aromatic rings. The van der Waals surface area contributed by atoms with Gasteiger partial charge >= 0.3 is 0 Å². The van der Waals surface area contributed by atoms with Crippen LogP contribution in [0.15, 0.2) is 29.8 Å². The molecule has 0 unspecified atom stereocenters. The van der Waals surface area contributed by atoms with E-state index in [9.17, 15) is 4.79 Å². The van der Waals surface area contributed by atoms with Crippen LogP contribution in [-0.2, 0) is 11.2 Å². The van der Waals surface area contributed by atoms with Crippen molar-refractivity contribution in [3.05, 3.63) is 41.2 Å². The SMILES string of the molecule is Cc1nc2ccc(CC(=O)NCCC3=CCCCC3)cc2[nH]1. The predicted octanol–water partition coefficient (Wildman–Crippen LogP) is 3.42. The maximum atomic E-state index is 12.0. The zero-order chi connectivity index (χ0) is 15.4. The number of nitrogens with zero attached hydrogens (tertiary/aromatic N) is 1. The second-order valence-corrected chi connectivity index (χ2v) is 6.06. The molecule has 22 heavy (non-hydrogen) atoms. The molecular formula is C18H23N3O. The number of hydrogen-bond donors (Lipinski definition) is 2. The molecule has 1 aliphatic carbocycles. The largest absolute Gasteiger partial charge is 0.355 e. The molecule has 2 N–H and O–H groups in total. The van der Waals surface area contributed by atoms with Gasteiger partial charge in [-0.3, -0.25) is 4.79 Å². The minimum Gasteiger partial charge on any atom is -0.355 e. The highest BCUT2D eigenvalue weighted by Crippen LogP contribution is 2.19. The fourth-order valence-corrected chi connectivity index (χ4v) is 3.04. The van der Waals surface area contributed by atoms with Crippen molar-refractivity contribution in [1.29, 1.82) is 0 Å². The lowest BCUT2D eigenvalue weighted by Gasteiger charge is -2.13. The molecule has 0 saturated carbocycles. The molecular weight excluding hydrogens is 274 g/mol. The first-order valence-electron chi connectivity index (χ1n) is 8.10. The summed E-state index contributed by atoms with van der Waals surface area (Å²) in [7, 11) is 0. The van der Waals surface area contributed by atoms with Gasteiger partial charge in [0.15, 0.2) is 0 Å². The summed E-state index contributed by atoms with van der Waals surface area (Å²) in [5.41, 5.74) is 4.47. The Balaban J connectivity index is 1.50. The fourth-order valence-electron chi connectivity index (χ4n) is 3.04. The van der Waals surface area contributed by atoms with Crippen molar-refractivity contribution in [3.8, 4) is 0 Å². The van der Waals surface area contributed by atoms with Gasteiger partial charge in [0.25, 0.3) is 0 Å². The van der Waals surface area contributed by atoms with Crippen LogP contribution in [0.5, 0.6) is 0 Å². The first-order chi connectivity index (χ1) is 10.7. The van der Waals surface area contributed by atoms with Crippen LogP contribution in [0, 0.1) is 6.92 Å². The Kier molecular flexibility index (Phi) is 4.56. The van der Waals surface area contributed by atoms with E-state index in [1.807, 2.05) is 25.1 Å². The molecule has 4 heteroatoms. The number of carbonyl (C=O) groups excluding carboxylic acids is 1. The Morgan fingerprint density at radius 3 is 3.09 bits per heavy atom. The number of aromatic nitrogens is 2. The molecule has 3 rings (SSSR count). The molecule has 0 radical (unpaired) electrons. The molecule has 116 valence electrons. The van der Waals surface area contributed by atoms with Gasteiger partial charge in [-0.15, -0.1) is 0 Å². The highest BCUT2D eigenvalue weighted by molar-refractivity contribution is 5.81. The number of H-pyrrole nitrogens is 1. The Bertz CT molecular complexity index is 699. The third kappa shape index (κ3) is 3.75. The Morgan fingerprint density at radius 2 is 2.27 bits per heavy atom. The number of allylic oxidation sites excluding steroid dienone is 1. The number of amides is 1. The quantitative estimate of drug-likeness (QED) is 0.831. The van der Waals surface area contributed by atoms with Gasteiger partial charge in [-0.25, -0.2) is 4.98 Å². The van der Waals surface area contributed by atoms with Gasteiger partial charge in [-0.05, 0) is 56.7 Å². The number of hydrogen-bond acceptors (Lipinski definition) is 2. The van der Waals surface area contributed by atoms with Crippen molar-refractivity contribution in [3.63, 3.8) is 0 Å². The topological polar surface area (TPSA) is 57.8 Å². The van der Waals surface area contributed by atoms with Crippen LogP contribution in [0.2, 0.25) is 0 Å². The highest BCUT2D eigenvalue weighted by Gasteiger charge is 2.07. The number of imidazole rings is 1. The third-order valence-electron chi connectivity index (χ3n) is 4.18. The van der Waals surface area contributed by atoms with Crippen LogP contribution < -0.4 is 5.32 Å². The minimum atomic E-state index is 0.0898. The van der Waals surface area contributed by atoms with Crippen LogP contribution in [0.25, 0.3) is 11.0 Å². The Labute approximate surface area is 131 Å². The number of benzene rings is 1. The number of rotatable bonds is 5. The predicted molar refractivity (Wildman–Crippen MR) is 88.7 cm³/mol. The zero-order valence-electron chi connectivity index (χ0n) is 13.1. The molecule has 0 atom stereocenters. The van der Waals surface area contributed by atoms with Gasteiger partial charge in [0.1, 0.15) is 5.82 Å². The Hall–Kier alpha value is -2.10. The van der Waals surface area contributed by atoms with Crippen LogP contribution >= 0.6 is 0 Å². The number of carbonyl (C=O) groups is 1. The van der Waals surface area contributed by atoms with Gasteiger partial charge in [0, 0.05) is 6.54 Å². The summed E-state index contributed by atoms with van der Waals surface area (Å²) >= 11 is 0. The van der Waals surface area contributed by atoms with Gasteiger partial charge in [-0.2, -0.15) is 0 Å². The average molecular weight is 297 g/mol. The number of aromatic amines is 1. The van der Waals surface area contributed by atoms with Crippen molar-refractivity contribution >= 4 is 16.9 Å². The maximum Gasteiger partial charge on any atom is 0.224 e. The first-order valence-corrected chi connectivity index (χ1v) is 8.10. The van der Waals surface area contributed by atoms with E-state index < -0.39 is 0 Å². The van der Waals surface area contributed by atoms with Crippen LogP contribution in [0.3, 0.4) is 0 Å². The normalized spacial score (nSPS) is 14.9. The van der Waals surface area contributed by atoms with Crippen LogP contribution in [-0.4, -0.2) is 22.4 Å². The second kappa shape index (κ2) is 6.77. The fraction of sp³-hybridized carbons (Fsp3) is 0.444. The lowest BCUT2D eigenvalue weighted by atomic mass is 9.97. The summed E-state index contributed by atoms with van der Waals surface area (Å²) in [4.78, 5) is 19.6. The maximum absolute atomic E-state index is 12.0. The molecule has 1 heterocycles. The number of aryl methyl sites for hydroxylation is 1. The molecule has 1 aromatic heterocycles. The van der Waals surface area contributed by atoms with Crippen molar-refractivity contribution in [1.82, 2.24) is 15.3 Å². The van der Waals surface area contributed by atoms with Crippen molar-refractivity contribution in [2.75, 3.05) is 6.54 Å². The molecule has 0 bridgehead atoms. The molecule has 1 aromatic carbocycles. The smallest absolute Gasteiger partial charge is 0.224 e. The molecule has 0 saturated heterocycles. The highest BCUT2D eigenvalue weighted by atomic mass is 16.1. The summed E-state index contributed by atoms with van der Waals surface area (Å²) in [6.07, 6.45) is 8.76. The third-order valence-corrected chi connectivity index (χ3v) is 4.18. The van der Waals surface area contributed by atoms with E-state index in [-0.39, 0.29) is 5.91 Å². The van der Waals surface area contributed by atoms with Gasteiger partial charge < -0.3 is 10.3 Å². The number of fused-ring (bicyclic) bond motifs is 1. The average Bonchev–Trinajstić information content (AvgIpc) is 2.87. The molecule has 0 spiro atoms. The lowest BCUT2D eigenvalue weighted by molar-refractivity contribution is -0.120. The first kappa shape index (κ1) is 14.8. The van der Waals surface area contributed by atoms with Crippen molar-refractivity contribution < 1.29 is 4.79 Å². The molecule has 0 aliphatic heterocycles. The second-order valence-electron chi connectivity index (χ2n) is 6.06. The zero-order valence-corrected chi connectivity index (χ0v) is 13.1. The summed E-state index contributed by atoms with van der Waals surface area (Å²) in [5, 5.41) is 3.03. The molecule has 0 fully saturated rings. The van der Waals surface area contributed by atoms with Gasteiger partial charge in [0.2, 0.25) is 5.91 Å². The van der Waals surface area contributed by atoms with Crippen molar-refractivity contribution in [2.24, 2.45) is 0 Å².